The number of hydrogen-bond donors (Lipinski definition) is 1. The fourth-order valence-electron chi connectivity index (χ4n) is 5.39. The van der Waals surface area contributed by atoms with Crippen LogP contribution >= 0.6 is 0 Å². The van der Waals surface area contributed by atoms with Crippen LogP contribution in [0.4, 0.5) is 0 Å². The van der Waals surface area contributed by atoms with E-state index in [2.05, 4.69) is 75.0 Å². The van der Waals surface area contributed by atoms with Crippen LogP contribution in [0.1, 0.15) is 49.4 Å². The summed E-state index contributed by atoms with van der Waals surface area (Å²) >= 11 is 0. The third kappa shape index (κ3) is 6.22. The molecule has 4 aromatic rings. The predicted molar refractivity (Wildman–Crippen MR) is 157 cm³/mol. The number of aliphatic hydroxyl groups is 1. The number of pyridine rings is 1. The van der Waals surface area contributed by atoms with Gasteiger partial charge in [0.15, 0.2) is 6.10 Å². The number of oxime groups is 1. The number of hydrogen-bond acceptors (Lipinski definition) is 8. The van der Waals surface area contributed by atoms with E-state index in [1.165, 1.54) is 22.4 Å². The highest BCUT2D eigenvalue weighted by Gasteiger charge is 2.29. The molecule has 2 aliphatic rings. The topological polar surface area (TPSA) is 97.9 Å². The van der Waals surface area contributed by atoms with Crippen LogP contribution in [0, 0.1) is 0 Å². The van der Waals surface area contributed by atoms with E-state index in [9.17, 15) is 5.11 Å². The van der Waals surface area contributed by atoms with E-state index in [1.54, 1.807) is 10.9 Å². The molecule has 0 amide bonds. The van der Waals surface area contributed by atoms with Gasteiger partial charge in [-0.1, -0.05) is 71.0 Å². The quantitative estimate of drug-likeness (QED) is 0.234. The standard InChI is InChI=1S/C32H36N6O3/c1-22(35-41-23(2)29-19-38(36-34-29)30-20-40-21-31(30)39)13-15-37-16-14-28-26(18-37)17-27(24-9-5-3-6-10-24)32(33-28)25-11-7-4-8-12-25/h3-12,17,19,23,30-31,39H,13-16,18,20-21H2,1-2H3/t23-,30-,31-/m1/s1. The average molecular weight is 553 g/mol. The van der Waals surface area contributed by atoms with Gasteiger partial charge >= 0.3 is 0 Å². The molecular formula is C32H36N6O3. The number of benzene rings is 2. The molecular weight excluding hydrogens is 516 g/mol. The van der Waals surface area contributed by atoms with E-state index >= 15 is 0 Å². The summed E-state index contributed by atoms with van der Waals surface area (Å²) in [5.74, 6) is 0. The molecule has 1 saturated heterocycles. The van der Waals surface area contributed by atoms with Crippen molar-refractivity contribution in [2.45, 2.75) is 51.5 Å². The first kappa shape index (κ1) is 27.3. The van der Waals surface area contributed by atoms with Crippen molar-refractivity contribution in [1.29, 1.82) is 0 Å². The van der Waals surface area contributed by atoms with Crippen LogP contribution in [0.15, 0.2) is 78.1 Å². The van der Waals surface area contributed by atoms with Gasteiger partial charge in [-0.05, 0) is 31.0 Å². The lowest BCUT2D eigenvalue weighted by Crippen LogP contribution is -2.32. The molecule has 0 unspecified atom stereocenters. The molecule has 0 bridgehead atoms. The van der Waals surface area contributed by atoms with Crippen LogP contribution in [0.5, 0.6) is 0 Å². The Morgan fingerprint density at radius 3 is 2.59 bits per heavy atom. The Labute approximate surface area is 240 Å². The highest BCUT2D eigenvalue weighted by molar-refractivity contribution is 5.82. The van der Waals surface area contributed by atoms with Crippen LogP contribution in [-0.2, 0) is 22.5 Å². The van der Waals surface area contributed by atoms with E-state index in [0.717, 1.165) is 49.4 Å². The van der Waals surface area contributed by atoms with E-state index in [-0.39, 0.29) is 12.1 Å². The molecule has 2 aromatic heterocycles. The zero-order chi connectivity index (χ0) is 28.2. The van der Waals surface area contributed by atoms with Gasteiger partial charge in [0.05, 0.1) is 30.8 Å². The Morgan fingerprint density at radius 1 is 1.10 bits per heavy atom. The van der Waals surface area contributed by atoms with Crippen molar-refractivity contribution in [2.24, 2.45) is 5.16 Å². The molecule has 41 heavy (non-hydrogen) atoms. The average Bonchev–Trinajstić information content (AvgIpc) is 3.68. The molecule has 212 valence electrons. The summed E-state index contributed by atoms with van der Waals surface area (Å²) in [4.78, 5) is 13.4. The van der Waals surface area contributed by atoms with E-state index in [0.29, 0.717) is 18.9 Å². The van der Waals surface area contributed by atoms with Crippen LogP contribution in [0.3, 0.4) is 0 Å². The fourth-order valence-corrected chi connectivity index (χ4v) is 5.39. The van der Waals surface area contributed by atoms with Crippen LogP contribution < -0.4 is 0 Å². The Hall–Kier alpha value is -3.92. The highest BCUT2D eigenvalue weighted by Crippen LogP contribution is 2.34. The van der Waals surface area contributed by atoms with Crippen LogP contribution in [0.25, 0.3) is 22.4 Å². The number of aromatic nitrogens is 4. The molecule has 9 heteroatoms. The lowest BCUT2D eigenvalue weighted by atomic mass is 9.94. The van der Waals surface area contributed by atoms with Crippen LogP contribution in [0.2, 0.25) is 0 Å². The number of ether oxygens (including phenoxy) is 1. The van der Waals surface area contributed by atoms with Gasteiger partial charge in [-0.3, -0.25) is 9.88 Å². The molecule has 0 spiro atoms. The molecule has 0 aliphatic carbocycles. The second-order valence-corrected chi connectivity index (χ2v) is 10.9. The maximum absolute atomic E-state index is 10.0. The maximum atomic E-state index is 10.0. The maximum Gasteiger partial charge on any atom is 0.169 e. The van der Waals surface area contributed by atoms with Gasteiger partial charge in [0.2, 0.25) is 0 Å². The summed E-state index contributed by atoms with van der Waals surface area (Å²) in [5, 5.41) is 22.8. The van der Waals surface area contributed by atoms with Gasteiger partial charge in [-0.2, -0.15) is 0 Å². The van der Waals surface area contributed by atoms with Gasteiger partial charge in [0.1, 0.15) is 17.8 Å². The van der Waals surface area contributed by atoms with Gasteiger partial charge in [-0.25, -0.2) is 4.68 Å². The predicted octanol–water partition coefficient (Wildman–Crippen LogP) is 4.84. The minimum Gasteiger partial charge on any atom is -0.388 e. The van der Waals surface area contributed by atoms with Gasteiger partial charge < -0.3 is 14.7 Å². The van der Waals surface area contributed by atoms with Crippen molar-refractivity contribution in [3.63, 3.8) is 0 Å². The molecule has 2 aromatic carbocycles. The molecule has 2 aliphatic heterocycles. The third-order valence-electron chi connectivity index (χ3n) is 7.84. The zero-order valence-corrected chi connectivity index (χ0v) is 23.6. The monoisotopic (exact) mass is 552 g/mol. The summed E-state index contributed by atoms with van der Waals surface area (Å²) in [6.45, 7) is 7.35. The minimum atomic E-state index is -0.575. The molecule has 9 nitrogen and oxygen atoms in total. The van der Waals surface area contributed by atoms with Crippen molar-refractivity contribution in [1.82, 2.24) is 24.9 Å². The van der Waals surface area contributed by atoms with Gasteiger partial charge in [0.25, 0.3) is 0 Å². The highest BCUT2D eigenvalue weighted by atomic mass is 16.6. The Morgan fingerprint density at radius 2 is 1.85 bits per heavy atom. The van der Waals surface area contributed by atoms with Crippen molar-refractivity contribution in [3.05, 3.63) is 89.9 Å². The van der Waals surface area contributed by atoms with Crippen molar-refractivity contribution >= 4 is 5.71 Å². The first-order chi connectivity index (χ1) is 20.0. The largest absolute Gasteiger partial charge is 0.388 e. The van der Waals surface area contributed by atoms with Gasteiger partial charge in [0, 0.05) is 49.3 Å². The Bertz CT molecular complexity index is 1490. The molecule has 0 saturated carbocycles. The normalized spacial score (nSPS) is 20.1. The fraction of sp³-hybridized carbons (Fsp3) is 0.375. The number of aliphatic hydroxyl groups excluding tert-OH is 1. The second kappa shape index (κ2) is 12.3. The Balaban J connectivity index is 1.09. The minimum absolute atomic E-state index is 0.215. The Kier molecular flexibility index (Phi) is 8.18. The van der Waals surface area contributed by atoms with Crippen molar-refractivity contribution in [2.75, 3.05) is 26.3 Å². The molecule has 4 heterocycles. The number of nitrogens with zero attached hydrogens (tertiary/aromatic N) is 6. The molecule has 0 radical (unpaired) electrons. The lowest BCUT2D eigenvalue weighted by molar-refractivity contribution is 0.0683. The molecule has 3 atom stereocenters. The lowest BCUT2D eigenvalue weighted by Gasteiger charge is -2.29. The summed E-state index contributed by atoms with van der Waals surface area (Å²) in [5.41, 5.74) is 8.62. The summed E-state index contributed by atoms with van der Waals surface area (Å²) in [6.07, 6.45) is 2.60. The van der Waals surface area contributed by atoms with Crippen molar-refractivity contribution in [3.8, 4) is 22.4 Å². The first-order valence-electron chi connectivity index (χ1n) is 14.3. The van der Waals surface area contributed by atoms with Gasteiger partial charge in [-0.15, -0.1) is 5.10 Å². The van der Waals surface area contributed by atoms with E-state index in [4.69, 9.17) is 14.6 Å². The number of rotatable bonds is 9. The zero-order valence-electron chi connectivity index (χ0n) is 23.6. The summed E-state index contributed by atoms with van der Waals surface area (Å²) in [6, 6.07) is 23.1. The first-order valence-corrected chi connectivity index (χ1v) is 14.3. The molecule has 1 N–H and O–H groups in total. The summed E-state index contributed by atoms with van der Waals surface area (Å²) in [7, 11) is 0. The van der Waals surface area contributed by atoms with Crippen molar-refractivity contribution < 1.29 is 14.7 Å². The smallest absolute Gasteiger partial charge is 0.169 e. The second-order valence-electron chi connectivity index (χ2n) is 10.9. The summed E-state index contributed by atoms with van der Waals surface area (Å²) < 4.78 is 6.97. The van der Waals surface area contributed by atoms with E-state index in [1.807, 2.05) is 26.0 Å². The SMILES string of the molecule is CC(CCN1CCc2nc(-c3ccccc3)c(-c3ccccc3)cc2C1)=NO[C@H](C)c1cn([C@@H]2COC[C@H]2O)nn1. The van der Waals surface area contributed by atoms with Crippen LogP contribution in [-0.4, -0.2) is 68.1 Å². The third-order valence-corrected chi connectivity index (χ3v) is 7.84. The molecule has 6 rings (SSSR count). The van der Waals surface area contributed by atoms with E-state index < -0.39 is 6.10 Å². The number of fused-ring (bicyclic) bond motifs is 1. The molecule has 1 fully saturated rings.